The summed E-state index contributed by atoms with van der Waals surface area (Å²) in [6.07, 6.45) is 0.763. The van der Waals surface area contributed by atoms with Gasteiger partial charge in [-0.3, -0.25) is 9.59 Å². The molecule has 2 aliphatic heterocycles. The molecule has 1 aliphatic carbocycles. The normalized spacial score (nSPS) is 29.6. The molecule has 1 unspecified atom stereocenters. The fraction of sp³-hybridized carbons (Fsp3) is 0.481. The average Bonchev–Trinajstić information content (AvgIpc) is 3.30. The maximum Gasteiger partial charge on any atom is 0.725 e. The molecule has 5 atom stereocenters. The SMILES string of the molecule is CC(C)(C)C[C@H]1N[C@@H](C(=O)NC2CC(OO[P+](=O)O)C2)[C@H](c2cccc(Cl)c2F)[C@@]12C(=O)Nc1cc(Cl)ccc12. The molecular formula is C27H30Cl2FN3O6P+. The van der Waals surface area contributed by atoms with Crippen molar-refractivity contribution in [2.75, 3.05) is 5.32 Å². The van der Waals surface area contributed by atoms with Crippen LogP contribution in [-0.2, 0) is 29.1 Å². The quantitative estimate of drug-likeness (QED) is 0.194. The summed E-state index contributed by atoms with van der Waals surface area (Å²) in [6.45, 7) is 6.12. The van der Waals surface area contributed by atoms with E-state index in [-0.39, 0.29) is 28.0 Å². The molecule has 2 heterocycles. The van der Waals surface area contributed by atoms with Gasteiger partial charge in [-0.1, -0.05) is 62.2 Å². The molecule has 2 aromatic rings. The van der Waals surface area contributed by atoms with Crippen molar-refractivity contribution in [3.8, 4) is 0 Å². The topological polar surface area (TPSA) is 126 Å². The highest BCUT2D eigenvalue weighted by atomic mass is 35.5. The van der Waals surface area contributed by atoms with Gasteiger partial charge in [0.25, 0.3) is 0 Å². The zero-order chi connectivity index (χ0) is 29.0. The van der Waals surface area contributed by atoms with Gasteiger partial charge in [0.15, 0.2) is 0 Å². The number of halogens is 3. The monoisotopic (exact) mass is 612 g/mol. The van der Waals surface area contributed by atoms with Crippen molar-refractivity contribution < 1.29 is 33.0 Å². The van der Waals surface area contributed by atoms with Crippen LogP contribution in [0.3, 0.4) is 0 Å². The fourth-order valence-corrected chi connectivity index (χ4v) is 6.85. The van der Waals surface area contributed by atoms with E-state index < -0.39 is 49.5 Å². The van der Waals surface area contributed by atoms with E-state index in [1.54, 1.807) is 30.3 Å². The number of hydrogen-bond donors (Lipinski definition) is 4. The lowest BCUT2D eigenvalue weighted by Crippen LogP contribution is -2.53. The second kappa shape index (κ2) is 10.9. The first-order chi connectivity index (χ1) is 18.8. The molecule has 0 radical (unpaired) electrons. The van der Waals surface area contributed by atoms with Crippen LogP contribution in [0.2, 0.25) is 10.0 Å². The minimum absolute atomic E-state index is 0.109. The Hall–Kier alpha value is -2.17. The predicted molar refractivity (Wildman–Crippen MR) is 148 cm³/mol. The minimum Gasteiger partial charge on any atom is -0.352 e. The van der Waals surface area contributed by atoms with Gasteiger partial charge in [-0.05, 0) is 54.0 Å². The Morgan fingerprint density at radius 3 is 2.65 bits per heavy atom. The molecule has 13 heteroatoms. The Morgan fingerprint density at radius 1 is 1.25 bits per heavy atom. The van der Waals surface area contributed by atoms with Crippen LogP contribution in [0.15, 0.2) is 36.4 Å². The smallest absolute Gasteiger partial charge is 0.352 e. The van der Waals surface area contributed by atoms with E-state index >= 15 is 4.39 Å². The van der Waals surface area contributed by atoms with Crippen molar-refractivity contribution in [2.24, 2.45) is 5.41 Å². The van der Waals surface area contributed by atoms with E-state index in [2.05, 4.69) is 20.6 Å². The summed E-state index contributed by atoms with van der Waals surface area (Å²) in [6, 6.07) is 7.88. The molecule has 2 aromatic carbocycles. The van der Waals surface area contributed by atoms with Crippen LogP contribution in [0.25, 0.3) is 0 Å². The van der Waals surface area contributed by atoms with Crippen LogP contribution in [0.1, 0.15) is 57.1 Å². The largest absolute Gasteiger partial charge is 0.725 e. The number of rotatable bonds is 7. The average molecular weight is 613 g/mol. The highest BCUT2D eigenvalue weighted by Crippen LogP contribution is 2.57. The Bertz CT molecular complexity index is 1370. The molecule has 0 aromatic heterocycles. The lowest BCUT2D eigenvalue weighted by molar-refractivity contribution is -0.266. The Balaban J connectivity index is 1.57. The van der Waals surface area contributed by atoms with Crippen molar-refractivity contribution in [1.29, 1.82) is 0 Å². The van der Waals surface area contributed by atoms with E-state index in [1.165, 1.54) is 6.07 Å². The van der Waals surface area contributed by atoms with Crippen molar-refractivity contribution >= 4 is 49.0 Å². The minimum atomic E-state index is -2.90. The molecule has 1 saturated carbocycles. The number of anilines is 1. The lowest BCUT2D eigenvalue weighted by atomic mass is 9.62. The van der Waals surface area contributed by atoms with Gasteiger partial charge in [0.1, 0.15) is 17.3 Å². The van der Waals surface area contributed by atoms with Crippen LogP contribution in [0.5, 0.6) is 0 Å². The maximum atomic E-state index is 15.8. The first-order valence-electron chi connectivity index (χ1n) is 12.9. The van der Waals surface area contributed by atoms with Crippen LogP contribution < -0.4 is 16.0 Å². The van der Waals surface area contributed by atoms with Crippen molar-refractivity contribution in [3.63, 3.8) is 0 Å². The number of amides is 2. The molecule has 1 spiro atoms. The third-order valence-electron chi connectivity index (χ3n) is 7.91. The van der Waals surface area contributed by atoms with Gasteiger partial charge in [0.2, 0.25) is 11.8 Å². The Labute approximate surface area is 242 Å². The fourth-order valence-electron chi connectivity index (χ4n) is 6.30. The molecule has 1 saturated heterocycles. The van der Waals surface area contributed by atoms with Crippen molar-refractivity contribution in [3.05, 3.63) is 63.4 Å². The molecule has 2 fully saturated rings. The second-order valence-corrected chi connectivity index (χ2v) is 13.3. The molecular weight excluding hydrogens is 583 g/mol. The number of carbonyl (C=O) groups excluding carboxylic acids is 2. The van der Waals surface area contributed by atoms with Gasteiger partial charge in [-0.15, -0.1) is 4.89 Å². The third-order valence-corrected chi connectivity index (χ3v) is 8.65. The van der Waals surface area contributed by atoms with Crippen LogP contribution in [-0.4, -0.2) is 40.9 Å². The molecule has 4 N–H and O–H groups in total. The molecule has 9 nitrogen and oxygen atoms in total. The molecule has 2 amide bonds. The van der Waals surface area contributed by atoms with Crippen LogP contribution in [0.4, 0.5) is 10.1 Å². The number of carbonyl (C=O) groups is 2. The van der Waals surface area contributed by atoms with Gasteiger partial charge in [0.05, 0.1) is 15.7 Å². The summed E-state index contributed by atoms with van der Waals surface area (Å²) in [7, 11) is -2.90. The van der Waals surface area contributed by atoms with Crippen LogP contribution >= 0.6 is 31.5 Å². The first-order valence-corrected chi connectivity index (χ1v) is 14.8. The van der Waals surface area contributed by atoms with Gasteiger partial charge in [-0.25, -0.2) is 4.39 Å². The van der Waals surface area contributed by atoms with Crippen molar-refractivity contribution in [2.45, 2.75) is 75.6 Å². The summed E-state index contributed by atoms with van der Waals surface area (Å²) in [5.41, 5.74) is -0.283. The van der Waals surface area contributed by atoms with E-state index in [9.17, 15) is 14.2 Å². The van der Waals surface area contributed by atoms with Crippen LogP contribution in [0, 0.1) is 11.2 Å². The second-order valence-electron chi connectivity index (χ2n) is 11.8. The molecule has 5 rings (SSSR count). The van der Waals surface area contributed by atoms with Crippen molar-refractivity contribution in [1.82, 2.24) is 10.6 Å². The third kappa shape index (κ3) is 5.27. The highest BCUT2D eigenvalue weighted by molar-refractivity contribution is 7.31. The number of fused-ring (bicyclic) bond motifs is 2. The first kappa shape index (κ1) is 29.3. The Morgan fingerprint density at radius 2 is 1.98 bits per heavy atom. The molecule has 40 heavy (non-hydrogen) atoms. The maximum absolute atomic E-state index is 15.8. The lowest BCUT2D eigenvalue weighted by Gasteiger charge is -2.38. The Kier molecular flexibility index (Phi) is 8.00. The summed E-state index contributed by atoms with van der Waals surface area (Å²) < 4.78 is 30.8. The van der Waals surface area contributed by atoms with E-state index in [4.69, 9.17) is 33.0 Å². The molecule has 214 valence electrons. The predicted octanol–water partition coefficient (Wildman–Crippen LogP) is 5.13. The molecule has 0 bridgehead atoms. The standard InChI is InChI=1S/C27H29Cl2FN3O6P/c1-26(2,3)12-20-27(17-8-7-13(28)9-19(17)32-25(27)35)21(16-5-4-6-18(29)22(16)30)23(33-20)24(34)31-14-10-15(11-14)38-39-40(36)37/h4-9,14-15,20-21,23,33H,10-12H2,1-3H3,(H2-,31,32,34,35,36,37)/p+1/t14?,15?,20-,21+,23-,27+/m1/s1. The summed E-state index contributed by atoms with van der Waals surface area (Å²) >= 11 is 12.5. The van der Waals surface area contributed by atoms with Gasteiger partial charge >= 0.3 is 8.25 Å². The number of nitrogens with one attached hydrogen (secondary N) is 3. The number of hydrogen-bond acceptors (Lipinski definition) is 6. The summed E-state index contributed by atoms with van der Waals surface area (Å²) in [5, 5.41) is 9.66. The number of benzene rings is 2. The summed E-state index contributed by atoms with van der Waals surface area (Å²) in [4.78, 5) is 41.6. The summed E-state index contributed by atoms with van der Waals surface area (Å²) in [5.74, 6) is -2.39. The zero-order valence-corrected chi connectivity index (χ0v) is 24.4. The molecule has 3 aliphatic rings. The highest BCUT2D eigenvalue weighted by Gasteiger charge is 2.66. The van der Waals surface area contributed by atoms with E-state index in [0.29, 0.717) is 35.5 Å². The van der Waals surface area contributed by atoms with E-state index in [0.717, 1.165) is 0 Å². The van der Waals surface area contributed by atoms with Gasteiger partial charge in [0, 0.05) is 33.3 Å². The van der Waals surface area contributed by atoms with E-state index in [1.807, 2.05) is 20.8 Å². The van der Waals surface area contributed by atoms with Gasteiger partial charge < -0.3 is 16.0 Å². The zero-order valence-electron chi connectivity index (χ0n) is 22.0. The van der Waals surface area contributed by atoms with Gasteiger partial charge in [-0.2, -0.15) is 4.89 Å².